The van der Waals surface area contributed by atoms with E-state index in [9.17, 15) is 30.8 Å². The van der Waals surface area contributed by atoms with Gasteiger partial charge in [-0.3, -0.25) is 9.10 Å². The van der Waals surface area contributed by atoms with Gasteiger partial charge in [0.05, 0.1) is 21.8 Å². The van der Waals surface area contributed by atoms with Gasteiger partial charge >= 0.3 is 6.18 Å². The first kappa shape index (κ1) is 24.3. The molecule has 12 heteroatoms. The van der Waals surface area contributed by atoms with E-state index in [1.54, 1.807) is 0 Å². The standard InChI is InChI=1S/C23H18F4N2O5S/c24-15-4-3-5-16(12-15)29(14-22(30)28-19-7-2-1-6-18(19)23(25,26)27)35(31,32)17-8-9-20-21(13-17)34-11-10-33-20/h1-9,12-13H,10-11,14H2,(H,28,30). The molecule has 0 aliphatic carbocycles. The van der Waals surface area contributed by atoms with Crippen LogP contribution in [0.5, 0.6) is 11.5 Å². The molecule has 0 atom stereocenters. The normalized spacial score (nSPS) is 13.3. The predicted molar refractivity (Wildman–Crippen MR) is 118 cm³/mol. The molecular formula is C23H18F4N2O5S. The average Bonchev–Trinajstić information content (AvgIpc) is 2.82. The van der Waals surface area contributed by atoms with Gasteiger partial charge in [0, 0.05) is 6.07 Å². The highest BCUT2D eigenvalue weighted by atomic mass is 32.2. The van der Waals surface area contributed by atoms with Crippen LogP contribution in [0.3, 0.4) is 0 Å². The van der Waals surface area contributed by atoms with Gasteiger partial charge in [0.25, 0.3) is 10.0 Å². The molecule has 4 rings (SSSR count). The first-order valence-corrected chi connectivity index (χ1v) is 11.6. The van der Waals surface area contributed by atoms with Crippen LogP contribution < -0.4 is 19.1 Å². The number of benzene rings is 3. The molecule has 1 aliphatic rings. The zero-order valence-electron chi connectivity index (χ0n) is 17.9. The van der Waals surface area contributed by atoms with Gasteiger partial charge in [0.2, 0.25) is 5.91 Å². The average molecular weight is 510 g/mol. The number of anilines is 2. The van der Waals surface area contributed by atoms with E-state index in [4.69, 9.17) is 9.47 Å². The summed E-state index contributed by atoms with van der Waals surface area (Å²) >= 11 is 0. The third kappa shape index (κ3) is 5.32. The number of para-hydroxylation sites is 1. The van der Waals surface area contributed by atoms with Gasteiger partial charge in [0.15, 0.2) is 11.5 Å². The first-order valence-electron chi connectivity index (χ1n) is 10.2. The van der Waals surface area contributed by atoms with Crippen LogP contribution in [0.25, 0.3) is 0 Å². The lowest BCUT2D eigenvalue weighted by Crippen LogP contribution is -2.38. The van der Waals surface area contributed by atoms with Gasteiger partial charge in [-0.1, -0.05) is 18.2 Å². The summed E-state index contributed by atoms with van der Waals surface area (Å²) in [4.78, 5) is 12.5. The van der Waals surface area contributed by atoms with Crippen molar-refractivity contribution < 1.29 is 40.2 Å². The summed E-state index contributed by atoms with van der Waals surface area (Å²) in [5, 5.41) is 2.10. The number of carbonyl (C=O) groups is 1. The fourth-order valence-corrected chi connectivity index (χ4v) is 4.85. The Labute approximate surface area is 197 Å². The number of hydrogen-bond donors (Lipinski definition) is 1. The maximum Gasteiger partial charge on any atom is 0.418 e. The Morgan fingerprint density at radius 3 is 2.37 bits per heavy atom. The fourth-order valence-electron chi connectivity index (χ4n) is 3.42. The molecule has 1 heterocycles. The van der Waals surface area contributed by atoms with Crippen LogP contribution in [0.4, 0.5) is 28.9 Å². The summed E-state index contributed by atoms with van der Waals surface area (Å²) in [6.07, 6.45) is -4.75. The number of hydrogen-bond acceptors (Lipinski definition) is 5. The van der Waals surface area contributed by atoms with Gasteiger partial charge in [-0.05, 0) is 42.5 Å². The zero-order valence-corrected chi connectivity index (χ0v) is 18.7. The van der Waals surface area contributed by atoms with Crippen molar-refractivity contribution in [2.24, 2.45) is 0 Å². The molecule has 0 bridgehead atoms. The molecule has 0 radical (unpaired) electrons. The van der Waals surface area contributed by atoms with Gasteiger partial charge in [0.1, 0.15) is 25.6 Å². The molecule has 35 heavy (non-hydrogen) atoms. The molecule has 1 aliphatic heterocycles. The van der Waals surface area contributed by atoms with Crippen LogP contribution in [-0.4, -0.2) is 34.1 Å². The molecule has 7 nitrogen and oxygen atoms in total. The van der Waals surface area contributed by atoms with Crippen molar-refractivity contribution in [2.45, 2.75) is 11.1 Å². The van der Waals surface area contributed by atoms with Crippen molar-refractivity contribution in [3.8, 4) is 11.5 Å². The second-order valence-corrected chi connectivity index (χ2v) is 9.25. The van der Waals surface area contributed by atoms with Crippen molar-refractivity contribution in [1.29, 1.82) is 0 Å². The Kier molecular flexibility index (Phi) is 6.57. The maximum absolute atomic E-state index is 13.9. The lowest BCUT2D eigenvalue weighted by molar-refractivity contribution is -0.137. The van der Waals surface area contributed by atoms with E-state index < -0.39 is 45.7 Å². The highest BCUT2D eigenvalue weighted by Gasteiger charge is 2.34. The molecule has 1 amide bonds. The van der Waals surface area contributed by atoms with Gasteiger partial charge in [-0.2, -0.15) is 13.2 Å². The maximum atomic E-state index is 13.9. The number of ether oxygens (including phenoxy) is 2. The van der Waals surface area contributed by atoms with E-state index in [1.165, 1.54) is 36.4 Å². The summed E-state index contributed by atoms with van der Waals surface area (Å²) in [5.41, 5.74) is -1.83. The van der Waals surface area contributed by atoms with E-state index in [2.05, 4.69) is 5.32 Å². The van der Waals surface area contributed by atoms with Gasteiger partial charge in [-0.15, -0.1) is 0 Å². The van der Waals surface area contributed by atoms with E-state index >= 15 is 0 Å². The number of fused-ring (bicyclic) bond motifs is 1. The highest BCUT2D eigenvalue weighted by molar-refractivity contribution is 7.92. The molecule has 184 valence electrons. The molecule has 3 aromatic rings. The van der Waals surface area contributed by atoms with Crippen molar-refractivity contribution in [1.82, 2.24) is 0 Å². The summed E-state index contributed by atoms with van der Waals surface area (Å²) in [6.45, 7) is -0.439. The lowest BCUT2D eigenvalue weighted by Gasteiger charge is -2.25. The molecule has 0 fully saturated rings. The van der Waals surface area contributed by atoms with Crippen LogP contribution in [0.15, 0.2) is 71.6 Å². The van der Waals surface area contributed by atoms with E-state index in [0.717, 1.165) is 30.3 Å². The van der Waals surface area contributed by atoms with E-state index in [-0.39, 0.29) is 29.5 Å². The second kappa shape index (κ2) is 9.45. The minimum atomic E-state index is -4.75. The van der Waals surface area contributed by atoms with Crippen LogP contribution in [0.1, 0.15) is 5.56 Å². The minimum Gasteiger partial charge on any atom is -0.486 e. The van der Waals surface area contributed by atoms with Crippen LogP contribution >= 0.6 is 0 Å². The van der Waals surface area contributed by atoms with Crippen LogP contribution in [-0.2, 0) is 21.0 Å². The lowest BCUT2D eigenvalue weighted by atomic mass is 10.1. The summed E-state index contributed by atoms with van der Waals surface area (Å²) in [7, 11) is -4.48. The smallest absolute Gasteiger partial charge is 0.418 e. The topological polar surface area (TPSA) is 84.9 Å². The van der Waals surface area contributed by atoms with Crippen molar-refractivity contribution in [3.63, 3.8) is 0 Å². The molecule has 0 aromatic heterocycles. The Bertz CT molecular complexity index is 1360. The molecule has 0 spiro atoms. The number of halogens is 4. The first-order chi connectivity index (χ1) is 16.6. The molecule has 0 saturated carbocycles. The molecule has 3 aromatic carbocycles. The minimum absolute atomic E-state index is 0.167. The van der Waals surface area contributed by atoms with Crippen LogP contribution in [0, 0.1) is 5.82 Å². The number of nitrogens with one attached hydrogen (secondary N) is 1. The quantitative estimate of drug-likeness (QED) is 0.496. The number of nitrogens with zero attached hydrogens (tertiary/aromatic N) is 1. The van der Waals surface area contributed by atoms with E-state index in [0.29, 0.717) is 10.1 Å². The Balaban J connectivity index is 1.69. The zero-order chi connectivity index (χ0) is 25.2. The Morgan fingerprint density at radius 2 is 1.66 bits per heavy atom. The summed E-state index contributed by atoms with van der Waals surface area (Å²) in [5.74, 6) is -1.34. The van der Waals surface area contributed by atoms with Crippen LogP contribution in [0.2, 0.25) is 0 Å². The highest BCUT2D eigenvalue weighted by Crippen LogP contribution is 2.36. The van der Waals surface area contributed by atoms with Crippen molar-refractivity contribution in [3.05, 3.63) is 78.1 Å². The monoisotopic (exact) mass is 510 g/mol. The number of rotatable bonds is 6. The molecule has 0 saturated heterocycles. The van der Waals surface area contributed by atoms with Crippen molar-refractivity contribution in [2.75, 3.05) is 29.4 Å². The Hall–Kier alpha value is -3.80. The number of alkyl halides is 3. The third-order valence-electron chi connectivity index (χ3n) is 4.99. The molecule has 0 unspecified atom stereocenters. The summed E-state index contributed by atoms with van der Waals surface area (Å²) < 4.78 is 92.2. The SMILES string of the molecule is O=C(CN(c1cccc(F)c1)S(=O)(=O)c1ccc2c(c1)OCCO2)Nc1ccccc1C(F)(F)F. The second-order valence-electron chi connectivity index (χ2n) is 7.39. The van der Waals surface area contributed by atoms with Gasteiger partial charge in [-0.25, -0.2) is 12.8 Å². The number of sulfonamides is 1. The number of amides is 1. The van der Waals surface area contributed by atoms with Gasteiger partial charge < -0.3 is 14.8 Å². The van der Waals surface area contributed by atoms with E-state index in [1.807, 2.05) is 0 Å². The fraction of sp³-hybridized carbons (Fsp3) is 0.174. The third-order valence-corrected chi connectivity index (χ3v) is 6.76. The van der Waals surface area contributed by atoms with Crippen molar-refractivity contribution >= 4 is 27.3 Å². The molecule has 1 N–H and O–H groups in total. The number of carbonyl (C=O) groups excluding carboxylic acids is 1. The molecular weight excluding hydrogens is 492 g/mol. The summed E-state index contributed by atoms with van der Waals surface area (Å²) in [6, 6.07) is 12.6. The largest absolute Gasteiger partial charge is 0.486 e. The predicted octanol–water partition coefficient (Wildman–Crippen LogP) is 4.45. The Morgan fingerprint density at radius 1 is 0.943 bits per heavy atom.